The molecule has 4 rings (SSSR count). The van der Waals surface area contributed by atoms with E-state index in [0.29, 0.717) is 29.1 Å². The van der Waals surface area contributed by atoms with Crippen LogP contribution >= 0.6 is 0 Å². The number of allylic oxidation sites excluding steroid dienone is 3. The number of dihydropyridines is 1. The number of hydrogen-bond acceptors (Lipinski definition) is 6. The fourth-order valence-electron chi connectivity index (χ4n) is 5.29. The molecule has 0 bridgehead atoms. The summed E-state index contributed by atoms with van der Waals surface area (Å²) in [7, 11) is 3.17. The molecule has 1 aliphatic heterocycles. The smallest absolute Gasteiger partial charge is 0.337 e. The van der Waals surface area contributed by atoms with Gasteiger partial charge in [-0.1, -0.05) is 19.9 Å². The number of Topliss-reactive ketones (excluding diaryl/α,β-unsaturated/α-hetero) is 1. The standard InChI is InChI=1S/C26H33NO5/c1-15-22(25(29)32-17-8-6-7-9-17)23(16-10-11-20(30-4)21(12-16)31-5)24-18(27-15)13-26(2,3)14-19(24)28/h10-12,17,23,27H,6-9,13-14H2,1-5H3/t23-/m1/s1. The molecule has 1 atom stereocenters. The number of esters is 1. The summed E-state index contributed by atoms with van der Waals surface area (Å²) >= 11 is 0. The number of ketones is 1. The highest BCUT2D eigenvalue weighted by Gasteiger charge is 2.43. The Hall–Kier alpha value is -2.76. The molecule has 0 radical (unpaired) electrons. The van der Waals surface area contributed by atoms with Crippen molar-refractivity contribution in [1.82, 2.24) is 5.32 Å². The lowest BCUT2D eigenvalue weighted by Gasteiger charge is -2.39. The van der Waals surface area contributed by atoms with E-state index in [1.807, 2.05) is 25.1 Å². The van der Waals surface area contributed by atoms with Crippen molar-refractivity contribution in [1.29, 1.82) is 0 Å². The molecule has 6 heteroatoms. The van der Waals surface area contributed by atoms with Crippen molar-refractivity contribution in [2.45, 2.75) is 71.3 Å². The monoisotopic (exact) mass is 439 g/mol. The van der Waals surface area contributed by atoms with E-state index in [9.17, 15) is 9.59 Å². The van der Waals surface area contributed by atoms with Gasteiger partial charge in [-0.05, 0) is 62.1 Å². The second kappa shape index (κ2) is 8.64. The van der Waals surface area contributed by atoms with Crippen molar-refractivity contribution in [2.75, 3.05) is 14.2 Å². The Morgan fingerprint density at radius 1 is 1.06 bits per heavy atom. The Balaban J connectivity index is 1.82. The zero-order valence-electron chi connectivity index (χ0n) is 19.7. The van der Waals surface area contributed by atoms with Gasteiger partial charge in [-0.15, -0.1) is 0 Å². The zero-order chi connectivity index (χ0) is 23.0. The lowest BCUT2D eigenvalue weighted by Crippen LogP contribution is -2.39. The molecule has 1 saturated carbocycles. The van der Waals surface area contributed by atoms with E-state index >= 15 is 0 Å². The molecule has 1 fully saturated rings. The van der Waals surface area contributed by atoms with Gasteiger partial charge in [0.25, 0.3) is 0 Å². The number of hydrogen-bond donors (Lipinski definition) is 1. The highest BCUT2D eigenvalue weighted by molar-refractivity contribution is 6.04. The third-order valence-corrected chi connectivity index (χ3v) is 6.78. The number of benzene rings is 1. The van der Waals surface area contributed by atoms with Crippen LogP contribution in [0.25, 0.3) is 0 Å². The predicted octanol–water partition coefficient (Wildman–Crippen LogP) is 4.79. The van der Waals surface area contributed by atoms with Crippen LogP contribution in [0.2, 0.25) is 0 Å². The normalized spacial score (nSPS) is 23.0. The summed E-state index contributed by atoms with van der Waals surface area (Å²) in [5.41, 5.74) is 3.52. The van der Waals surface area contributed by atoms with Crippen molar-refractivity contribution in [2.24, 2.45) is 5.41 Å². The van der Waals surface area contributed by atoms with Crippen molar-refractivity contribution >= 4 is 11.8 Å². The number of carbonyl (C=O) groups excluding carboxylic acids is 2. The minimum atomic E-state index is -0.497. The van der Waals surface area contributed by atoms with Crippen LogP contribution in [0.5, 0.6) is 11.5 Å². The molecule has 0 unspecified atom stereocenters. The fourth-order valence-corrected chi connectivity index (χ4v) is 5.29. The summed E-state index contributed by atoms with van der Waals surface area (Å²) in [4.78, 5) is 26.8. The minimum absolute atomic E-state index is 0.0507. The zero-order valence-corrected chi connectivity index (χ0v) is 19.7. The van der Waals surface area contributed by atoms with Crippen LogP contribution in [-0.4, -0.2) is 32.1 Å². The van der Waals surface area contributed by atoms with E-state index in [1.54, 1.807) is 14.2 Å². The van der Waals surface area contributed by atoms with Gasteiger partial charge in [-0.2, -0.15) is 0 Å². The maximum atomic E-state index is 13.4. The Bertz CT molecular complexity index is 997. The minimum Gasteiger partial charge on any atom is -0.493 e. The average molecular weight is 440 g/mol. The molecule has 0 saturated heterocycles. The van der Waals surface area contributed by atoms with Crippen molar-refractivity contribution in [3.05, 3.63) is 46.3 Å². The number of methoxy groups -OCH3 is 2. The first kappa shape index (κ1) is 22.4. The lowest BCUT2D eigenvalue weighted by molar-refractivity contribution is -0.144. The molecule has 0 spiro atoms. The summed E-state index contributed by atoms with van der Waals surface area (Å²) in [5.74, 6) is 0.401. The Morgan fingerprint density at radius 3 is 2.41 bits per heavy atom. The number of nitrogens with one attached hydrogen (secondary N) is 1. The van der Waals surface area contributed by atoms with Crippen molar-refractivity contribution in [3.63, 3.8) is 0 Å². The molecule has 1 N–H and O–H groups in total. The molecule has 1 heterocycles. The highest BCUT2D eigenvalue weighted by atomic mass is 16.5. The topological polar surface area (TPSA) is 73.9 Å². The van der Waals surface area contributed by atoms with Crippen LogP contribution in [0.1, 0.15) is 70.8 Å². The Kier molecular flexibility index (Phi) is 6.06. The van der Waals surface area contributed by atoms with Crippen LogP contribution in [0.3, 0.4) is 0 Å². The summed E-state index contributed by atoms with van der Waals surface area (Å²) in [6, 6.07) is 5.59. The maximum absolute atomic E-state index is 13.4. The third-order valence-electron chi connectivity index (χ3n) is 6.78. The van der Waals surface area contributed by atoms with Gasteiger partial charge in [0, 0.05) is 29.3 Å². The first-order valence-electron chi connectivity index (χ1n) is 11.4. The molecule has 1 aromatic carbocycles. The summed E-state index contributed by atoms with van der Waals surface area (Å²) in [6.45, 7) is 6.10. The molecule has 32 heavy (non-hydrogen) atoms. The molecule has 6 nitrogen and oxygen atoms in total. The molecule has 172 valence electrons. The van der Waals surface area contributed by atoms with Gasteiger partial charge in [-0.3, -0.25) is 4.79 Å². The van der Waals surface area contributed by atoms with E-state index in [-0.39, 0.29) is 23.3 Å². The summed E-state index contributed by atoms with van der Waals surface area (Å²) < 4.78 is 16.8. The van der Waals surface area contributed by atoms with Gasteiger partial charge in [0.1, 0.15) is 6.10 Å². The maximum Gasteiger partial charge on any atom is 0.337 e. The van der Waals surface area contributed by atoms with Crippen LogP contribution in [0.4, 0.5) is 0 Å². The van der Waals surface area contributed by atoms with Gasteiger partial charge in [0.05, 0.1) is 19.8 Å². The van der Waals surface area contributed by atoms with E-state index in [2.05, 4.69) is 19.2 Å². The van der Waals surface area contributed by atoms with Gasteiger partial charge >= 0.3 is 5.97 Å². The number of rotatable bonds is 5. The van der Waals surface area contributed by atoms with Crippen LogP contribution in [-0.2, 0) is 14.3 Å². The van der Waals surface area contributed by atoms with Crippen LogP contribution in [0.15, 0.2) is 40.7 Å². The van der Waals surface area contributed by atoms with Gasteiger partial charge in [0.15, 0.2) is 17.3 Å². The lowest BCUT2D eigenvalue weighted by atomic mass is 9.68. The quantitative estimate of drug-likeness (QED) is 0.665. The van der Waals surface area contributed by atoms with Gasteiger partial charge < -0.3 is 19.5 Å². The fraction of sp³-hybridized carbons (Fsp3) is 0.538. The Labute approximate surface area is 190 Å². The number of carbonyl (C=O) groups is 2. The largest absolute Gasteiger partial charge is 0.493 e. The molecule has 0 aromatic heterocycles. The molecule has 0 amide bonds. The molecule has 1 aromatic rings. The van der Waals surface area contributed by atoms with Gasteiger partial charge in [0.2, 0.25) is 0 Å². The van der Waals surface area contributed by atoms with Crippen molar-refractivity contribution < 1.29 is 23.8 Å². The molecule has 3 aliphatic rings. The first-order chi connectivity index (χ1) is 15.2. The third kappa shape index (κ3) is 4.15. The predicted molar refractivity (Wildman–Crippen MR) is 122 cm³/mol. The van der Waals surface area contributed by atoms with E-state index in [4.69, 9.17) is 14.2 Å². The van der Waals surface area contributed by atoms with E-state index in [0.717, 1.165) is 49.1 Å². The SMILES string of the molecule is COc1ccc([C@@H]2C(C(=O)OC3CCCC3)=C(C)NC3=C2C(=O)CC(C)(C)C3)cc1OC. The van der Waals surface area contributed by atoms with Crippen LogP contribution < -0.4 is 14.8 Å². The number of ether oxygens (including phenoxy) is 3. The average Bonchev–Trinajstić information content (AvgIpc) is 3.24. The van der Waals surface area contributed by atoms with Crippen LogP contribution in [0, 0.1) is 5.41 Å². The van der Waals surface area contributed by atoms with E-state index in [1.165, 1.54) is 0 Å². The van der Waals surface area contributed by atoms with E-state index < -0.39 is 5.92 Å². The highest BCUT2D eigenvalue weighted by Crippen LogP contribution is 2.48. The second-order valence-corrected chi connectivity index (χ2v) is 9.86. The first-order valence-corrected chi connectivity index (χ1v) is 11.4. The Morgan fingerprint density at radius 2 is 1.75 bits per heavy atom. The molecule has 2 aliphatic carbocycles. The van der Waals surface area contributed by atoms with Gasteiger partial charge in [-0.25, -0.2) is 4.79 Å². The summed E-state index contributed by atoms with van der Waals surface area (Å²) in [5, 5.41) is 3.39. The molecular weight excluding hydrogens is 406 g/mol. The second-order valence-electron chi connectivity index (χ2n) is 9.86. The molecular formula is C26H33NO5. The summed E-state index contributed by atoms with van der Waals surface area (Å²) in [6.07, 6.45) is 5.10. The van der Waals surface area contributed by atoms with Crippen molar-refractivity contribution in [3.8, 4) is 11.5 Å².